The largest absolute Gasteiger partial charge is 0.390 e. The Bertz CT molecular complexity index is 1140. The number of unbranched alkanes of at least 4 members (excludes halogenated alkanes) is 1. The third-order valence-corrected chi connectivity index (χ3v) is 8.61. The highest BCUT2D eigenvalue weighted by Gasteiger charge is 2.31. The Labute approximate surface area is 209 Å². The van der Waals surface area contributed by atoms with E-state index in [2.05, 4.69) is 5.32 Å². The van der Waals surface area contributed by atoms with Gasteiger partial charge in [0.05, 0.1) is 22.8 Å². The van der Waals surface area contributed by atoms with Crippen molar-refractivity contribution in [3.63, 3.8) is 0 Å². The van der Waals surface area contributed by atoms with Crippen LogP contribution in [0.15, 0.2) is 65.6 Å². The molecule has 3 atom stereocenters. The van der Waals surface area contributed by atoms with Gasteiger partial charge in [0.15, 0.2) is 0 Å². The van der Waals surface area contributed by atoms with Crippen LogP contribution in [0.2, 0.25) is 0 Å². The number of aliphatic hydroxyl groups is 1. The lowest BCUT2D eigenvalue weighted by Gasteiger charge is -2.30. The first-order valence-electron chi connectivity index (χ1n) is 11.7. The summed E-state index contributed by atoms with van der Waals surface area (Å²) >= 11 is 0. The van der Waals surface area contributed by atoms with Crippen molar-refractivity contribution >= 4 is 25.8 Å². The molecule has 0 bridgehead atoms. The first-order valence-corrected chi connectivity index (χ1v) is 15.2. The highest BCUT2D eigenvalue weighted by Crippen LogP contribution is 2.18. The average Bonchev–Trinajstić information content (AvgIpc) is 2.81. The number of hydrogen-bond acceptors (Lipinski definition) is 6. The molecule has 1 amide bonds. The summed E-state index contributed by atoms with van der Waals surface area (Å²) in [6.45, 7) is 3.47. The van der Waals surface area contributed by atoms with E-state index in [0.717, 1.165) is 18.2 Å². The predicted octanol–water partition coefficient (Wildman–Crippen LogP) is 2.25. The molecule has 8 nitrogen and oxygen atoms in total. The number of nitrogens with zero attached hydrogens (tertiary/aromatic N) is 1. The molecule has 2 aromatic rings. The zero-order valence-corrected chi connectivity index (χ0v) is 22.1. The minimum Gasteiger partial charge on any atom is -0.390 e. The highest BCUT2D eigenvalue weighted by atomic mass is 32.2. The van der Waals surface area contributed by atoms with Crippen molar-refractivity contribution in [1.82, 2.24) is 9.62 Å². The molecule has 0 aliphatic heterocycles. The molecule has 2 rings (SSSR count). The van der Waals surface area contributed by atoms with E-state index in [1.807, 2.05) is 37.3 Å². The lowest BCUT2D eigenvalue weighted by molar-refractivity contribution is -0.125. The van der Waals surface area contributed by atoms with E-state index in [-0.39, 0.29) is 30.2 Å². The van der Waals surface area contributed by atoms with E-state index in [0.29, 0.717) is 6.42 Å². The SMILES string of the molecule is CCCCN(CC(O)C(Cc1ccccc1)NC(=O)C(C)CS(C)(=O)=O)S(=O)(=O)c1ccccc1. The molecule has 0 aliphatic rings. The van der Waals surface area contributed by atoms with Crippen molar-refractivity contribution in [3.8, 4) is 0 Å². The van der Waals surface area contributed by atoms with E-state index < -0.39 is 43.8 Å². The van der Waals surface area contributed by atoms with Crippen LogP contribution in [-0.4, -0.2) is 69.4 Å². The Balaban J connectivity index is 2.29. The van der Waals surface area contributed by atoms with Crippen LogP contribution in [0.5, 0.6) is 0 Å². The summed E-state index contributed by atoms with van der Waals surface area (Å²) in [6.07, 6.45) is 1.48. The second kappa shape index (κ2) is 13.2. The van der Waals surface area contributed by atoms with Gasteiger partial charge in [-0.3, -0.25) is 4.79 Å². The number of carbonyl (C=O) groups excluding carboxylic acids is 1. The Morgan fingerprint density at radius 2 is 1.57 bits per heavy atom. The molecular formula is C25H36N2O6S2. The number of amides is 1. The first-order chi connectivity index (χ1) is 16.4. The fraction of sp³-hybridized carbons (Fsp3) is 0.480. The number of benzene rings is 2. The summed E-state index contributed by atoms with van der Waals surface area (Å²) in [5.41, 5.74) is 0.846. The van der Waals surface area contributed by atoms with Crippen molar-refractivity contribution in [2.75, 3.05) is 25.1 Å². The Morgan fingerprint density at radius 3 is 2.11 bits per heavy atom. The van der Waals surface area contributed by atoms with Gasteiger partial charge < -0.3 is 10.4 Å². The van der Waals surface area contributed by atoms with Gasteiger partial charge in [0.25, 0.3) is 0 Å². The summed E-state index contributed by atoms with van der Waals surface area (Å²) in [7, 11) is -7.24. The maximum Gasteiger partial charge on any atom is 0.243 e. The van der Waals surface area contributed by atoms with Gasteiger partial charge in [-0.15, -0.1) is 0 Å². The molecule has 3 unspecified atom stereocenters. The predicted molar refractivity (Wildman–Crippen MR) is 137 cm³/mol. The minimum absolute atomic E-state index is 0.133. The number of carbonyl (C=O) groups is 1. The molecule has 0 spiro atoms. The summed E-state index contributed by atoms with van der Waals surface area (Å²) in [5, 5.41) is 13.9. The van der Waals surface area contributed by atoms with Gasteiger partial charge >= 0.3 is 0 Å². The lowest BCUT2D eigenvalue weighted by atomic mass is 10.00. The van der Waals surface area contributed by atoms with E-state index in [4.69, 9.17) is 0 Å². The number of aliphatic hydroxyl groups excluding tert-OH is 1. The number of rotatable bonds is 14. The molecule has 2 aromatic carbocycles. The normalized spacial score (nSPS) is 14.9. The van der Waals surface area contributed by atoms with Crippen LogP contribution < -0.4 is 5.32 Å². The monoisotopic (exact) mass is 524 g/mol. The van der Waals surface area contributed by atoms with Crippen LogP contribution in [0, 0.1) is 5.92 Å². The fourth-order valence-corrected chi connectivity index (χ4v) is 6.30. The highest BCUT2D eigenvalue weighted by molar-refractivity contribution is 7.90. The maximum absolute atomic E-state index is 13.3. The summed E-state index contributed by atoms with van der Waals surface area (Å²) in [6, 6.07) is 16.4. The molecule has 0 saturated carbocycles. The van der Waals surface area contributed by atoms with Gasteiger partial charge in [0, 0.05) is 25.3 Å². The van der Waals surface area contributed by atoms with E-state index in [1.54, 1.807) is 18.2 Å². The topological polar surface area (TPSA) is 121 Å². The number of hydrogen-bond donors (Lipinski definition) is 2. The molecule has 0 aliphatic carbocycles. The summed E-state index contributed by atoms with van der Waals surface area (Å²) < 4.78 is 51.1. The summed E-state index contributed by atoms with van der Waals surface area (Å²) in [4.78, 5) is 12.9. The van der Waals surface area contributed by atoms with E-state index in [1.165, 1.54) is 23.4 Å². The Kier molecular flexibility index (Phi) is 10.9. The molecule has 194 valence electrons. The molecule has 0 fully saturated rings. The zero-order valence-electron chi connectivity index (χ0n) is 20.5. The minimum atomic E-state index is -3.86. The van der Waals surface area contributed by atoms with Gasteiger partial charge in [-0.2, -0.15) is 4.31 Å². The van der Waals surface area contributed by atoms with Crippen LogP contribution in [0.1, 0.15) is 32.3 Å². The molecule has 0 radical (unpaired) electrons. The third kappa shape index (κ3) is 9.36. The molecule has 0 saturated heterocycles. The summed E-state index contributed by atoms with van der Waals surface area (Å²) in [5.74, 6) is -1.65. The molecule has 35 heavy (non-hydrogen) atoms. The second-order valence-corrected chi connectivity index (χ2v) is 13.0. The molecule has 2 N–H and O–H groups in total. The molecule has 0 aromatic heterocycles. The fourth-order valence-electron chi connectivity index (χ4n) is 3.73. The van der Waals surface area contributed by atoms with Crippen LogP contribution in [-0.2, 0) is 31.1 Å². The van der Waals surface area contributed by atoms with Crippen molar-refractivity contribution in [2.45, 2.75) is 50.2 Å². The Hall–Kier alpha value is -2.27. The second-order valence-electron chi connectivity index (χ2n) is 8.90. The van der Waals surface area contributed by atoms with Crippen LogP contribution >= 0.6 is 0 Å². The van der Waals surface area contributed by atoms with Crippen LogP contribution in [0.3, 0.4) is 0 Å². The number of sulfone groups is 1. The maximum atomic E-state index is 13.3. The molecule has 0 heterocycles. The average molecular weight is 525 g/mol. The van der Waals surface area contributed by atoms with Gasteiger partial charge in [-0.1, -0.05) is 68.8 Å². The quantitative estimate of drug-likeness (QED) is 0.391. The van der Waals surface area contributed by atoms with Crippen molar-refractivity contribution in [2.24, 2.45) is 5.92 Å². The van der Waals surface area contributed by atoms with E-state index >= 15 is 0 Å². The Morgan fingerprint density at radius 1 is 1.00 bits per heavy atom. The molecule has 10 heteroatoms. The van der Waals surface area contributed by atoms with Crippen molar-refractivity contribution in [1.29, 1.82) is 0 Å². The number of nitrogens with one attached hydrogen (secondary N) is 1. The zero-order chi connectivity index (χ0) is 26.1. The third-order valence-electron chi connectivity index (χ3n) is 5.62. The van der Waals surface area contributed by atoms with Gasteiger partial charge in [0.2, 0.25) is 15.9 Å². The van der Waals surface area contributed by atoms with Crippen LogP contribution in [0.4, 0.5) is 0 Å². The lowest BCUT2D eigenvalue weighted by Crippen LogP contribution is -2.52. The molecular weight excluding hydrogens is 488 g/mol. The van der Waals surface area contributed by atoms with Gasteiger partial charge in [-0.25, -0.2) is 16.8 Å². The van der Waals surface area contributed by atoms with Crippen molar-refractivity contribution in [3.05, 3.63) is 66.2 Å². The first kappa shape index (κ1) is 29.0. The standard InChI is InChI=1S/C25H36N2O6S2/c1-4-5-16-27(35(32,33)22-14-10-7-11-15-22)18-24(28)23(17-21-12-8-6-9-13-21)26-25(29)20(2)19-34(3,30)31/h6-15,20,23-24,28H,4-5,16-19H2,1-3H3,(H,26,29). The van der Waals surface area contributed by atoms with E-state index in [9.17, 15) is 26.7 Å². The van der Waals surface area contributed by atoms with Crippen molar-refractivity contribution < 1.29 is 26.7 Å². The smallest absolute Gasteiger partial charge is 0.243 e. The van der Waals surface area contributed by atoms with Crippen LogP contribution in [0.25, 0.3) is 0 Å². The van der Waals surface area contributed by atoms with Gasteiger partial charge in [0.1, 0.15) is 9.84 Å². The van der Waals surface area contributed by atoms with Gasteiger partial charge in [-0.05, 0) is 30.5 Å². The number of sulfonamides is 1.